The molecule has 2 aromatic rings. The molecular weight excluding hydrogens is 464 g/mol. The normalized spacial score (nSPS) is 12.7. The maximum Gasteiger partial charge on any atom is 0.408 e. The second-order valence-corrected chi connectivity index (χ2v) is 9.45. The number of alkyl carbamates (subject to hydrolysis) is 1. The first-order valence-electron chi connectivity index (χ1n) is 11.5. The highest BCUT2D eigenvalue weighted by molar-refractivity contribution is 5.99. The largest absolute Gasteiger partial charge is 0.508 e. The van der Waals surface area contributed by atoms with E-state index in [1.54, 1.807) is 45.0 Å². The minimum absolute atomic E-state index is 0.0841. The van der Waals surface area contributed by atoms with Crippen molar-refractivity contribution in [1.82, 2.24) is 10.2 Å². The van der Waals surface area contributed by atoms with Crippen LogP contribution < -0.4 is 16.4 Å². The van der Waals surface area contributed by atoms with Crippen molar-refractivity contribution < 1.29 is 29.0 Å². The number of primary amides is 1. The molecule has 0 aromatic heterocycles. The molecule has 36 heavy (non-hydrogen) atoms. The number of phenols is 1. The van der Waals surface area contributed by atoms with Crippen LogP contribution in [0.4, 0.5) is 10.5 Å². The number of amides is 4. The molecule has 10 nitrogen and oxygen atoms in total. The number of para-hydroxylation sites is 1. The lowest BCUT2D eigenvalue weighted by Gasteiger charge is -2.31. The fraction of sp³-hybridized carbons (Fsp3) is 0.385. The number of carbonyl (C=O) groups is 4. The third-order valence-electron chi connectivity index (χ3n) is 5.24. The van der Waals surface area contributed by atoms with Gasteiger partial charge in [0, 0.05) is 19.2 Å². The van der Waals surface area contributed by atoms with E-state index in [9.17, 15) is 24.3 Å². The van der Waals surface area contributed by atoms with E-state index in [2.05, 4.69) is 10.6 Å². The lowest BCUT2D eigenvalue weighted by molar-refractivity contribution is -0.139. The van der Waals surface area contributed by atoms with Gasteiger partial charge < -0.3 is 31.1 Å². The molecule has 0 heterocycles. The van der Waals surface area contributed by atoms with E-state index in [0.717, 1.165) is 10.5 Å². The van der Waals surface area contributed by atoms with Crippen LogP contribution in [0.2, 0.25) is 0 Å². The number of likely N-dealkylation sites (N-methyl/N-ethyl adjacent to an activating group) is 1. The van der Waals surface area contributed by atoms with Crippen LogP contribution in [0, 0.1) is 6.92 Å². The zero-order valence-electron chi connectivity index (χ0n) is 21.2. The number of aryl methyl sites for hydroxylation is 1. The molecule has 194 valence electrons. The summed E-state index contributed by atoms with van der Waals surface area (Å²) in [6.07, 6.45) is -1.12. The second-order valence-electron chi connectivity index (χ2n) is 9.45. The number of rotatable bonds is 9. The molecule has 0 bridgehead atoms. The molecule has 0 saturated heterocycles. The quantitative estimate of drug-likeness (QED) is 0.417. The van der Waals surface area contributed by atoms with Gasteiger partial charge in [-0.05, 0) is 63.4 Å². The van der Waals surface area contributed by atoms with E-state index >= 15 is 0 Å². The standard InChI is InChI=1S/C26H34N4O6/c1-16-9-6-7-12-19(16)28-23(33)22(17-10-8-11-18(31)15-17)30(5)24(34)20(13-14-21(27)32)29-25(35)36-26(2,3)4/h6-12,15,20,22,31H,13-14H2,1-5H3,(H2,27,32)(H,28,33)(H,29,35). The summed E-state index contributed by atoms with van der Waals surface area (Å²) in [7, 11) is 1.41. The lowest BCUT2D eigenvalue weighted by Crippen LogP contribution is -2.51. The fourth-order valence-electron chi connectivity index (χ4n) is 3.53. The third-order valence-corrected chi connectivity index (χ3v) is 5.24. The van der Waals surface area contributed by atoms with Gasteiger partial charge in [0.25, 0.3) is 5.91 Å². The van der Waals surface area contributed by atoms with E-state index in [-0.39, 0.29) is 18.6 Å². The van der Waals surface area contributed by atoms with Crippen LogP contribution in [0.1, 0.15) is 50.8 Å². The molecule has 0 fully saturated rings. The summed E-state index contributed by atoms with van der Waals surface area (Å²) in [4.78, 5) is 52.0. The Morgan fingerprint density at radius 2 is 1.75 bits per heavy atom. The zero-order chi connectivity index (χ0) is 27.0. The number of anilines is 1. The number of nitrogens with zero attached hydrogens (tertiary/aromatic N) is 1. The van der Waals surface area contributed by atoms with Gasteiger partial charge in [0.2, 0.25) is 11.8 Å². The Labute approximate surface area is 210 Å². The monoisotopic (exact) mass is 498 g/mol. The average molecular weight is 499 g/mol. The Balaban J connectivity index is 2.39. The van der Waals surface area contributed by atoms with Gasteiger partial charge in [-0.3, -0.25) is 14.4 Å². The minimum Gasteiger partial charge on any atom is -0.508 e. The zero-order valence-corrected chi connectivity index (χ0v) is 21.2. The van der Waals surface area contributed by atoms with Crippen molar-refractivity contribution >= 4 is 29.5 Å². The number of nitrogens with one attached hydrogen (secondary N) is 2. The van der Waals surface area contributed by atoms with Crippen molar-refractivity contribution in [2.24, 2.45) is 5.73 Å². The maximum absolute atomic E-state index is 13.5. The summed E-state index contributed by atoms with van der Waals surface area (Å²) >= 11 is 0. The number of nitrogens with two attached hydrogens (primary N) is 1. The molecular formula is C26H34N4O6. The third kappa shape index (κ3) is 8.30. The maximum atomic E-state index is 13.5. The molecule has 0 aliphatic rings. The molecule has 10 heteroatoms. The van der Waals surface area contributed by atoms with Crippen molar-refractivity contribution in [2.75, 3.05) is 12.4 Å². The van der Waals surface area contributed by atoms with Gasteiger partial charge in [-0.15, -0.1) is 0 Å². The molecule has 0 radical (unpaired) electrons. The van der Waals surface area contributed by atoms with E-state index in [1.165, 1.54) is 19.2 Å². The molecule has 4 amide bonds. The first-order valence-corrected chi connectivity index (χ1v) is 11.5. The van der Waals surface area contributed by atoms with E-state index < -0.39 is 41.5 Å². The van der Waals surface area contributed by atoms with Gasteiger partial charge in [-0.2, -0.15) is 0 Å². The van der Waals surface area contributed by atoms with Crippen LogP contribution in [0.5, 0.6) is 5.75 Å². The number of phenolic OH excluding ortho intramolecular Hbond substituents is 1. The SMILES string of the molecule is Cc1ccccc1NC(=O)C(c1cccc(O)c1)N(C)C(=O)C(CCC(N)=O)NC(=O)OC(C)(C)C. The van der Waals surface area contributed by atoms with Crippen LogP contribution in [0.3, 0.4) is 0 Å². The summed E-state index contributed by atoms with van der Waals surface area (Å²) < 4.78 is 5.26. The topological polar surface area (TPSA) is 151 Å². The van der Waals surface area contributed by atoms with Crippen molar-refractivity contribution in [3.05, 3.63) is 59.7 Å². The second kappa shape index (κ2) is 12.1. The molecule has 0 aliphatic carbocycles. The summed E-state index contributed by atoms with van der Waals surface area (Å²) in [6, 6.07) is 10.8. The summed E-state index contributed by atoms with van der Waals surface area (Å²) in [6.45, 7) is 6.85. The number of benzene rings is 2. The Kier molecular flexibility index (Phi) is 9.43. The van der Waals surface area contributed by atoms with Crippen LogP contribution in [0.25, 0.3) is 0 Å². The summed E-state index contributed by atoms with van der Waals surface area (Å²) in [5.74, 6) is -1.91. The number of aromatic hydroxyl groups is 1. The van der Waals surface area contributed by atoms with Gasteiger partial charge in [-0.1, -0.05) is 30.3 Å². The van der Waals surface area contributed by atoms with Gasteiger partial charge in [-0.25, -0.2) is 4.79 Å². The van der Waals surface area contributed by atoms with Crippen LogP contribution in [-0.4, -0.2) is 52.5 Å². The Morgan fingerprint density at radius 1 is 1.08 bits per heavy atom. The molecule has 2 atom stereocenters. The molecule has 5 N–H and O–H groups in total. The van der Waals surface area contributed by atoms with Crippen molar-refractivity contribution in [3.63, 3.8) is 0 Å². The molecule has 2 unspecified atom stereocenters. The van der Waals surface area contributed by atoms with Gasteiger partial charge >= 0.3 is 6.09 Å². The summed E-state index contributed by atoms with van der Waals surface area (Å²) in [5.41, 5.74) is 6.18. The van der Waals surface area contributed by atoms with Gasteiger partial charge in [0.1, 0.15) is 23.4 Å². The lowest BCUT2D eigenvalue weighted by atomic mass is 10.0. The predicted molar refractivity (Wildman–Crippen MR) is 135 cm³/mol. The van der Waals surface area contributed by atoms with E-state index in [0.29, 0.717) is 11.3 Å². The fourth-order valence-corrected chi connectivity index (χ4v) is 3.53. The Bertz CT molecular complexity index is 1110. The van der Waals surface area contributed by atoms with Crippen molar-refractivity contribution in [1.29, 1.82) is 0 Å². The van der Waals surface area contributed by atoms with E-state index in [1.807, 2.05) is 19.1 Å². The predicted octanol–water partition coefficient (Wildman–Crippen LogP) is 3.00. The molecule has 2 rings (SSSR count). The minimum atomic E-state index is -1.19. The number of hydrogen-bond acceptors (Lipinski definition) is 6. The van der Waals surface area contributed by atoms with Crippen LogP contribution >= 0.6 is 0 Å². The molecule has 0 aliphatic heterocycles. The number of ether oxygens (including phenoxy) is 1. The van der Waals surface area contributed by atoms with Crippen molar-refractivity contribution in [3.8, 4) is 5.75 Å². The van der Waals surface area contributed by atoms with Crippen molar-refractivity contribution in [2.45, 2.75) is 58.2 Å². The van der Waals surface area contributed by atoms with Crippen LogP contribution in [-0.2, 0) is 19.1 Å². The highest BCUT2D eigenvalue weighted by Gasteiger charge is 2.34. The first-order chi connectivity index (χ1) is 16.8. The van der Waals surface area contributed by atoms with Crippen LogP contribution in [0.15, 0.2) is 48.5 Å². The first kappa shape index (κ1) is 28.2. The molecule has 0 saturated carbocycles. The Hall–Kier alpha value is -4.08. The highest BCUT2D eigenvalue weighted by atomic mass is 16.6. The number of carbonyl (C=O) groups excluding carboxylic acids is 4. The number of hydrogen-bond donors (Lipinski definition) is 4. The molecule has 2 aromatic carbocycles. The van der Waals surface area contributed by atoms with Gasteiger partial charge in [0.05, 0.1) is 0 Å². The molecule has 0 spiro atoms. The average Bonchev–Trinajstić information content (AvgIpc) is 2.76. The van der Waals surface area contributed by atoms with Gasteiger partial charge in [0.15, 0.2) is 0 Å². The summed E-state index contributed by atoms with van der Waals surface area (Å²) in [5, 5.41) is 15.3. The Morgan fingerprint density at radius 3 is 2.33 bits per heavy atom. The van der Waals surface area contributed by atoms with E-state index in [4.69, 9.17) is 10.5 Å². The smallest absolute Gasteiger partial charge is 0.408 e. The highest BCUT2D eigenvalue weighted by Crippen LogP contribution is 2.26.